The van der Waals surface area contributed by atoms with Gasteiger partial charge in [0.15, 0.2) is 0 Å². The minimum absolute atomic E-state index is 0.274. The molecule has 0 aromatic heterocycles. The third-order valence-electron chi connectivity index (χ3n) is 3.55. The highest BCUT2D eigenvalue weighted by Gasteiger charge is 2.39. The first-order chi connectivity index (χ1) is 10.2. The second kappa shape index (κ2) is 5.32. The van der Waals surface area contributed by atoms with Gasteiger partial charge in [-0.25, -0.2) is 0 Å². The molecule has 0 saturated carbocycles. The van der Waals surface area contributed by atoms with Gasteiger partial charge < -0.3 is 0 Å². The van der Waals surface area contributed by atoms with Crippen LogP contribution in [-0.4, -0.2) is 29.0 Å². The summed E-state index contributed by atoms with van der Waals surface area (Å²) in [5.41, 5.74) is 1.56. The molecule has 2 amide bonds. The van der Waals surface area contributed by atoms with Gasteiger partial charge in [0.2, 0.25) is 6.29 Å². The van der Waals surface area contributed by atoms with Crippen LogP contribution in [0.1, 0.15) is 26.3 Å². The highest BCUT2D eigenvalue weighted by atomic mass is 16.2. The van der Waals surface area contributed by atoms with Crippen molar-refractivity contribution in [1.82, 2.24) is 4.90 Å². The number of nitrogens with zero attached hydrogens (tertiary/aromatic N) is 1. The van der Waals surface area contributed by atoms with Crippen molar-refractivity contribution >= 4 is 18.1 Å². The maximum absolute atomic E-state index is 12.3. The van der Waals surface area contributed by atoms with Crippen LogP contribution in [0.25, 0.3) is 0 Å². The Morgan fingerprint density at radius 2 is 1.38 bits per heavy atom. The van der Waals surface area contributed by atoms with Crippen LogP contribution in [0.4, 0.5) is 0 Å². The third-order valence-corrected chi connectivity index (χ3v) is 3.55. The molecule has 0 bridgehead atoms. The van der Waals surface area contributed by atoms with Crippen LogP contribution in [0.5, 0.6) is 0 Å². The van der Waals surface area contributed by atoms with Gasteiger partial charge >= 0.3 is 0 Å². The van der Waals surface area contributed by atoms with Crippen molar-refractivity contribution in [2.45, 2.75) is 12.5 Å². The quantitative estimate of drug-likeness (QED) is 0.804. The fourth-order valence-corrected chi connectivity index (χ4v) is 2.51. The van der Waals surface area contributed by atoms with Gasteiger partial charge in [0, 0.05) is 6.42 Å². The average Bonchev–Trinajstić information content (AvgIpc) is 2.78. The van der Waals surface area contributed by atoms with E-state index in [1.165, 1.54) is 0 Å². The van der Waals surface area contributed by atoms with Crippen molar-refractivity contribution in [3.8, 4) is 0 Å². The summed E-state index contributed by atoms with van der Waals surface area (Å²) in [5, 5.41) is 0. The fraction of sp³-hybridized carbons (Fsp3) is 0.118. The van der Waals surface area contributed by atoms with E-state index < -0.39 is 17.9 Å². The summed E-state index contributed by atoms with van der Waals surface area (Å²) in [6.45, 7) is 0. The zero-order chi connectivity index (χ0) is 14.8. The normalized spacial score (nSPS) is 15.0. The number of carbonyl (C=O) groups excluding carboxylic acids is 3. The van der Waals surface area contributed by atoms with Crippen molar-refractivity contribution < 1.29 is 14.4 Å². The van der Waals surface area contributed by atoms with Crippen molar-refractivity contribution in [1.29, 1.82) is 0 Å². The molecule has 2 aromatic carbocycles. The molecule has 1 aliphatic heterocycles. The van der Waals surface area contributed by atoms with E-state index in [2.05, 4.69) is 0 Å². The first kappa shape index (κ1) is 13.2. The summed E-state index contributed by atoms with van der Waals surface area (Å²) < 4.78 is 0. The van der Waals surface area contributed by atoms with Crippen LogP contribution in [0.2, 0.25) is 0 Å². The number of rotatable bonds is 4. The van der Waals surface area contributed by atoms with Crippen molar-refractivity contribution in [2.75, 3.05) is 0 Å². The van der Waals surface area contributed by atoms with E-state index in [1.807, 2.05) is 36.6 Å². The zero-order valence-electron chi connectivity index (χ0n) is 11.2. The molecule has 4 nitrogen and oxygen atoms in total. The molecule has 4 heteroatoms. The van der Waals surface area contributed by atoms with Crippen LogP contribution < -0.4 is 0 Å². The molecule has 0 aliphatic carbocycles. The topological polar surface area (TPSA) is 54.5 Å². The Morgan fingerprint density at radius 3 is 1.90 bits per heavy atom. The number of fused-ring (bicyclic) bond motifs is 1. The van der Waals surface area contributed by atoms with Gasteiger partial charge in [-0.1, -0.05) is 42.5 Å². The van der Waals surface area contributed by atoms with Crippen LogP contribution in [0.15, 0.2) is 54.6 Å². The molecule has 0 saturated heterocycles. The summed E-state index contributed by atoms with van der Waals surface area (Å²) in [6.07, 6.45) is 2.10. The largest absolute Gasteiger partial charge is 0.288 e. The lowest BCUT2D eigenvalue weighted by Crippen LogP contribution is -2.42. The van der Waals surface area contributed by atoms with Gasteiger partial charge in [-0.05, 0) is 17.7 Å². The summed E-state index contributed by atoms with van der Waals surface area (Å²) in [4.78, 5) is 36.9. The number of amides is 2. The lowest BCUT2D eigenvalue weighted by atomic mass is 10.1. The van der Waals surface area contributed by atoms with Gasteiger partial charge in [-0.2, -0.15) is 0 Å². The number of hydrogen-bond acceptors (Lipinski definition) is 3. The van der Waals surface area contributed by atoms with Crippen LogP contribution >= 0.6 is 0 Å². The van der Waals surface area contributed by atoms with E-state index >= 15 is 0 Å². The zero-order valence-corrected chi connectivity index (χ0v) is 11.2. The molecule has 2 aromatic rings. The molecule has 1 unspecified atom stereocenters. The second-order valence-corrected chi connectivity index (χ2v) is 4.85. The highest BCUT2D eigenvalue weighted by Crippen LogP contribution is 2.25. The molecule has 0 fully saturated rings. The molecule has 3 rings (SSSR count). The highest BCUT2D eigenvalue weighted by molar-refractivity contribution is 6.22. The first-order valence-electron chi connectivity index (χ1n) is 6.61. The minimum Gasteiger partial charge on any atom is -0.288 e. The van der Waals surface area contributed by atoms with E-state index in [9.17, 15) is 14.4 Å². The monoisotopic (exact) mass is 278 g/mol. The van der Waals surface area contributed by atoms with Crippen molar-refractivity contribution in [3.05, 3.63) is 71.3 Å². The molecular weight excluding hydrogens is 266 g/mol. The first-order valence-corrected chi connectivity index (χ1v) is 6.61. The van der Waals surface area contributed by atoms with E-state index in [0.29, 0.717) is 11.1 Å². The Bertz CT molecular complexity index is 674. The van der Waals surface area contributed by atoms with Gasteiger partial charge in [-0.3, -0.25) is 19.3 Å². The number of benzene rings is 2. The minimum atomic E-state index is -0.903. The van der Waals surface area contributed by atoms with E-state index in [0.717, 1.165) is 10.5 Å². The van der Waals surface area contributed by atoms with Crippen LogP contribution in [-0.2, 0) is 11.2 Å². The maximum Gasteiger partial charge on any atom is 0.262 e. The Labute approximate surface area is 122 Å². The summed E-state index contributed by atoms with van der Waals surface area (Å²) >= 11 is 0. The predicted octanol–water partition coefficient (Wildman–Crippen LogP) is 2.00. The molecule has 0 spiro atoms. The summed E-state index contributed by atoms with van der Waals surface area (Å²) in [5.74, 6) is -0.861. The average molecular weight is 278 g/mol. The Morgan fingerprint density at radius 1 is 0.857 bits per heavy atom. The van der Waals surface area contributed by atoms with Crippen LogP contribution in [0, 0.1) is 0 Å². The van der Waals surface area contributed by atoms with Gasteiger partial charge in [-0.15, -0.1) is 0 Å². The molecule has 21 heavy (non-hydrogen) atoms. The molecule has 1 radical (unpaired) electrons. The number of hydrogen-bond donors (Lipinski definition) is 0. The fourth-order valence-electron chi connectivity index (χ4n) is 2.51. The molecule has 1 atom stereocenters. The lowest BCUT2D eigenvalue weighted by molar-refractivity contribution is 0.0623. The molecule has 103 valence electrons. The molecule has 1 heterocycles. The smallest absolute Gasteiger partial charge is 0.262 e. The Balaban J connectivity index is 1.91. The number of carbonyl (C=O) groups is 2. The third kappa shape index (κ3) is 2.25. The maximum atomic E-state index is 12.3. The Kier molecular flexibility index (Phi) is 3.36. The van der Waals surface area contributed by atoms with Crippen molar-refractivity contribution in [2.24, 2.45) is 0 Å². The van der Waals surface area contributed by atoms with Crippen LogP contribution in [0.3, 0.4) is 0 Å². The molecule has 1 aliphatic rings. The SMILES string of the molecule is O=[C]C(Cc1ccccc1)N1C(=O)c2ccccc2C1=O. The summed E-state index contributed by atoms with van der Waals surface area (Å²) in [6, 6.07) is 14.9. The van der Waals surface area contributed by atoms with Gasteiger partial charge in [0.05, 0.1) is 11.1 Å². The molecular formula is C17H12NO3. The Hall–Kier alpha value is -2.75. The van der Waals surface area contributed by atoms with E-state index in [1.54, 1.807) is 24.3 Å². The van der Waals surface area contributed by atoms with Gasteiger partial charge in [0.1, 0.15) is 6.04 Å². The summed E-state index contributed by atoms with van der Waals surface area (Å²) in [7, 11) is 0. The van der Waals surface area contributed by atoms with Gasteiger partial charge in [0.25, 0.3) is 11.8 Å². The van der Waals surface area contributed by atoms with Crippen molar-refractivity contribution in [3.63, 3.8) is 0 Å². The molecule has 0 N–H and O–H groups in total. The van der Waals surface area contributed by atoms with E-state index in [4.69, 9.17) is 0 Å². The number of imide groups is 1. The lowest BCUT2D eigenvalue weighted by Gasteiger charge is -2.20. The van der Waals surface area contributed by atoms with E-state index in [-0.39, 0.29) is 6.42 Å². The standard InChI is InChI=1S/C17H12NO3/c19-11-13(10-12-6-2-1-3-7-12)18-16(20)14-8-4-5-9-15(14)17(18)21/h1-9,13H,10H2. The second-order valence-electron chi connectivity index (χ2n) is 4.85. The predicted molar refractivity (Wildman–Crippen MR) is 76.6 cm³/mol.